The normalized spacial score (nSPS) is 10.8. The molecule has 1 heterocycles. The lowest BCUT2D eigenvalue weighted by atomic mass is 10.1. The van der Waals surface area contributed by atoms with E-state index in [1.807, 2.05) is 48.5 Å². The van der Waals surface area contributed by atoms with Crippen LogP contribution in [-0.4, -0.2) is 11.8 Å². The second-order valence-electron chi connectivity index (χ2n) is 6.55. The molecule has 0 spiro atoms. The fourth-order valence-corrected chi connectivity index (χ4v) is 4.10. The fraction of sp³-hybridized carbons (Fsp3) is 0.0435. The molecular formula is C23H17ClN2O3S. The van der Waals surface area contributed by atoms with Crippen molar-refractivity contribution in [2.45, 2.75) is 10.6 Å². The fourth-order valence-electron chi connectivity index (χ4n) is 3.05. The Kier molecular flexibility index (Phi) is 5.79. The molecule has 0 atom stereocenters. The smallest absolute Gasteiger partial charge is 0.291 e. The van der Waals surface area contributed by atoms with E-state index in [-0.39, 0.29) is 11.7 Å². The number of furan rings is 1. The van der Waals surface area contributed by atoms with E-state index in [4.69, 9.17) is 21.8 Å². The van der Waals surface area contributed by atoms with Crippen LogP contribution in [-0.2, 0) is 5.75 Å². The molecule has 2 amide bonds. The zero-order valence-electron chi connectivity index (χ0n) is 15.7. The Morgan fingerprint density at radius 1 is 1.00 bits per heavy atom. The number of anilines is 1. The van der Waals surface area contributed by atoms with Crippen molar-refractivity contribution in [3.05, 3.63) is 94.7 Å². The van der Waals surface area contributed by atoms with Gasteiger partial charge >= 0.3 is 0 Å². The highest BCUT2D eigenvalue weighted by atomic mass is 35.5. The molecule has 0 aliphatic heterocycles. The Morgan fingerprint density at radius 2 is 1.77 bits per heavy atom. The minimum Gasteiger partial charge on any atom is -0.451 e. The molecule has 0 saturated heterocycles. The largest absolute Gasteiger partial charge is 0.451 e. The maximum Gasteiger partial charge on any atom is 0.291 e. The molecule has 0 aliphatic rings. The van der Waals surface area contributed by atoms with Gasteiger partial charge in [0.15, 0.2) is 5.76 Å². The summed E-state index contributed by atoms with van der Waals surface area (Å²) in [4.78, 5) is 25.4. The van der Waals surface area contributed by atoms with Crippen molar-refractivity contribution in [3.8, 4) is 0 Å². The highest BCUT2D eigenvalue weighted by Gasteiger charge is 2.21. The SMILES string of the molecule is NC(=O)c1cccc(NC(=O)c2oc3ccccc3c2CSc2ccc(Cl)cc2)c1. The number of carbonyl (C=O) groups is 2. The second kappa shape index (κ2) is 8.65. The van der Waals surface area contributed by atoms with Gasteiger partial charge in [0.25, 0.3) is 5.91 Å². The molecule has 0 bridgehead atoms. The summed E-state index contributed by atoms with van der Waals surface area (Å²) in [6.07, 6.45) is 0. The first-order chi connectivity index (χ1) is 14.5. The van der Waals surface area contributed by atoms with Gasteiger partial charge in [0.2, 0.25) is 5.91 Å². The van der Waals surface area contributed by atoms with E-state index >= 15 is 0 Å². The summed E-state index contributed by atoms with van der Waals surface area (Å²) in [7, 11) is 0. The molecule has 1 aromatic heterocycles. The van der Waals surface area contributed by atoms with Gasteiger partial charge < -0.3 is 15.5 Å². The monoisotopic (exact) mass is 436 g/mol. The van der Waals surface area contributed by atoms with Crippen LogP contribution in [0.4, 0.5) is 5.69 Å². The first-order valence-electron chi connectivity index (χ1n) is 9.11. The highest BCUT2D eigenvalue weighted by molar-refractivity contribution is 7.98. The van der Waals surface area contributed by atoms with Gasteiger partial charge in [-0.05, 0) is 48.5 Å². The first kappa shape index (κ1) is 20.1. The van der Waals surface area contributed by atoms with Gasteiger partial charge in [-0.15, -0.1) is 11.8 Å². The Balaban J connectivity index is 1.63. The number of para-hydroxylation sites is 1. The minimum absolute atomic E-state index is 0.238. The molecule has 3 N–H and O–H groups in total. The van der Waals surface area contributed by atoms with Gasteiger partial charge in [-0.25, -0.2) is 0 Å². The van der Waals surface area contributed by atoms with E-state index < -0.39 is 5.91 Å². The molecule has 0 unspecified atom stereocenters. The third-order valence-electron chi connectivity index (χ3n) is 4.51. The number of halogens is 1. The van der Waals surface area contributed by atoms with E-state index in [1.165, 1.54) is 6.07 Å². The summed E-state index contributed by atoms with van der Waals surface area (Å²) in [6, 6.07) is 21.5. The van der Waals surface area contributed by atoms with Crippen molar-refractivity contribution in [2.75, 3.05) is 5.32 Å². The minimum atomic E-state index is -0.560. The summed E-state index contributed by atoms with van der Waals surface area (Å²) in [6.45, 7) is 0. The van der Waals surface area contributed by atoms with Crippen LogP contribution in [0.2, 0.25) is 5.02 Å². The summed E-state index contributed by atoms with van der Waals surface area (Å²) >= 11 is 7.54. The van der Waals surface area contributed by atoms with E-state index in [0.717, 1.165) is 15.8 Å². The first-order valence-corrected chi connectivity index (χ1v) is 10.5. The number of amides is 2. The standard InChI is InChI=1S/C23H17ClN2O3S/c24-15-8-10-17(11-9-15)30-13-19-18-6-1-2-7-20(18)29-21(19)23(28)26-16-5-3-4-14(12-16)22(25)27/h1-12H,13H2,(H2,25,27)(H,26,28). The molecule has 3 aromatic carbocycles. The molecule has 0 radical (unpaired) electrons. The maximum atomic E-state index is 13.0. The molecule has 4 aromatic rings. The lowest BCUT2D eigenvalue weighted by molar-refractivity contribution is 0.0989. The number of primary amides is 1. The van der Waals surface area contributed by atoms with E-state index in [2.05, 4.69) is 5.32 Å². The Labute approximate surface area is 182 Å². The van der Waals surface area contributed by atoms with Crippen LogP contribution in [0.1, 0.15) is 26.5 Å². The van der Waals surface area contributed by atoms with Crippen molar-refractivity contribution in [1.29, 1.82) is 0 Å². The zero-order chi connectivity index (χ0) is 21.1. The van der Waals surface area contributed by atoms with Crippen molar-refractivity contribution in [2.24, 2.45) is 5.73 Å². The number of fused-ring (bicyclic) bond motifs is 1. The molecule has 0 saturated carbocycles. The zero-order valence-corrected chi connectivity index (χ0v) is 17.3. The predicted octanol–water partition coefficient (Wildman–Crippen LogP) is 5.73. The lowest BCUT2D eigenvalue weighted by Crippen LogP contribution is -2.15. The van der Waals surface area contributed by atoms with Crippen LogP contribution in [0.15, 0.2) is 82.1 Å². The number of hydrogen-bond acceptors (Lipinski definition) is 4. The van der Waals surface area contributed by atoms with Gasteiger partial charge in [-0.1, -0.05) is 35.9 Å². The van der Waals surface area contributed by atoms with Crippen LogP contribution in [0, 0.1) is 0 Å². The summed E-state index contributed by atoms with van der Waals surface area (Å²) in [5.41, 5.74) is 7.54. The summed E-state index contributed by atoms with van der Waals surface area (Å²) in [5, 5.41) is 4.35. The number of rotatable bonds is 6. The highest BCUT2D eigenvalue weighted by Crippen LogP contribution is 2.33. The molecule has 7 heteroatoms. The topological polar surface area (TPSA) is 85.3 Å². The summed E-state index contributed by atoms with van der Waals surface area (Å²) < 4.78 is 5.88. The average Bonchev–Trinajstić information content (AvgIpc) is 3.12. The van der Waals surface area contributed by atoms with E-state index in [1.54, 1.807) is 30.0 Å². The molecule has 150 valence electrons. The molecular weight excluding hydrogens is 420 g/mol. The number of nitrogens with one attached hydrogen (secondary N) is 1. The van der Waals surface area contributed by atoms with Crippen LogP contribution in [0.25, 0.3) is 11.0 Å². The second-order valence-corrected chi connectivity index (χ2v) is 8.03. The summed E-state index contributed by atoms with van der Waals surface area (Å²) in [5.74, 6) is -0.167. The van der Waals surface area contributed by atoms with Crippen LogP contribution < -0.4 is 11.1 Å². The number of benzene rings is 3. The number of nitrogens with two attached hydrogens (primary N) is 1. The van der Waals surface area contributed by atoms with Crippen LogP contribution in [0.5, 0.6) is 0 Å². The quantitative estimate of drug-likeness (QED) is 0.378. The molecule has 0 fully saturated rings. The third kappa shape index (κ3) is 4.35. The van der Waals surface area contributed by atoms with Gasteiger partial charge in [0.1, 0.15) is 5.58 Å². The third-order valence-corrected chi connectivity index (χ3v) is 5.80. The molecule has 30 heavy (non-hydrogen) atoms. The Bertz CT molecular complexity index is 1230. The Morgan fingerprint density at radius 3 is 2.53 bits per heavy atom. The maximum absolute atomic E-state index is 13.0. The van der Waals surface area contributed by atoms with Crippen molar-refractivity contribution >= 4 is 51.8 Å². The van der Waals surface area contributed by atoms with E-state index in [9.17, 15) is 9.59 Å². The van der Waals surface area contributed by atoms with Crippen molar-refractivity contribution in [1.82, 2.24) is 0 Å². The number of thioether (sulfide) groups is 1. The number of hydrogen-bond donors (Lipinski definition) is 2. The predicted molar refractivity (Wildman–Crippen MR) is 120 cm³/mol. The lowest BCUT2D eigenvalue weighted by Gasteiger charge is -2.07. The molecule has 5 nitrogen and oxygen atoms in total. The van der Waals surface area contributed by atoms with Crippen molar-refractivity contribution < 1.29 is 14.0 Å². The van der Waals surface area contributed by atoms with Gasteiger partial charge in [0, 0.05) is 37.9 Å². The molecule has 4 rings (SSSR count). The molecule has 0 aliphatic carbocycles. The van der Waals surface area contributed by atoms with Crippen molar-refractivity contribution in [3.63, 3.8) is 0 Å². The van der Waals surface area contributed by atoms with Crippen LogP contribution in [0.3, 0.4) is 0 Å². The Hall–Kier alpha value is -3.22. The van der Waals surface area contributed by atoms with Crippen LogP contribution >= 0.6 is 23.4 Å². The van der Waals surface area contributed by atoms with Gasteiger partial charge in [-0.2, -0.15) is 0 Å². The van der Waals surface area contributed by atoms with E-state index in [0.29, 0.717) is 27.6 Å². The number of carbonyl (C=O) groups excluding carboxylic acids is 2. The van der Waals surface area contributed by atoms with Gasteiger partial charge in [0.05, 0.1) is 0 Å². The average molecular weight is 437 g/mol. The van der Waals surface area contributed by atoms with Gasteiger partial charge in [-0.3, -0.25) is 9.59 Å².